The summed E-state index contributed by atoms with van der Waals surface area (Å²) in [4.78, 5) is 23.9. The van der Waals surface area contributed by atoms with Crippen LogP contribution in [-0.4, -0.2) is 29.8 Å². The third-order valence-corrected chi connectivity index (χ3v) is 4.31. The van der Waals surface area contributed by atoms with Crippen LogP contribution in [-0.2, 0) is 15.1 Å². The van der Waals surface area contributed by atoms with E-state index in [0.29, 0.717) is 12.1 Å². The number of carbonyl (C=O) groups is 2. The van der Waals surface area contributed by atoms with Crippen LogP contribution in [0.5, 0.6) is 0 Å². The summed E-state index contributed by atoms with van der Waals surface area (Å²) in [5.74, 6) is -15.9. The number of nitrogens with one attached hydrogen (secondary N) is 1. The van der Waals surface area contributed by atoms with E-state index >= 15 is 0 Å². The molecule has 0 saturated carbocycles. The number of benzene rings is 2. The molecule has 0 heterocycles. The Kier molecular flexibility index (Phi) is 6.83. The fourth-order valence-corrected chi connectivity index (χ4v) is 2.65. The fraction of sp³-hybridized carbons (Fsp3) is 0.263. The Hall–Kier alpha value is -3.22. The van der Waals surface area contributed by atoms with Gasteiger partial charge in [-0.05, 0) is 25.5 Å². The molecule has 2 aromatic carbocycles. The summed E-state index contributed by atoms with van der Waals surface area (Å²) in [6, 6.07) is 1.91. The van der Waals surface area contributed by atoms with Crippen LogP contribution in [0.15, 0.2) is 18.2 Å². The predicted octanol–water partition coefficient (Wildman–Crippen LogP) is 4.26. The summed E-state index contributed by atoms with van der Waals surface area (Å²) in [7, 11) is 0. The molecular formula is C19H13F8NO4. The lowest BCUT2D eigenvalue weighted by atomic mass is 9.91. The summed E-state index contributed by atoms with van der Waals surface area (Å²) in [5.41, 5.74) is -7.56. The van der Waals surface area contributed by atoms with Gasteiger partial charge in [-0.15, -0.1) is 0 Å². The van der Waals surface area contributed by atoms with Gasteiger partial charge in [0.25, 0.3) is 11.5 Å². The van der Waals surface area contributed by atoms with Crippen molar-refractivity contribution < 1.29 is 54.6 Å². The average molecular weight is 471 g/mol. The largest absolute Gasteiger partial charge is 0.463 e. The maximum atomic E-state index is 13.8. The van der Waals surface area contributed by atoms with Gasteiger partial charge in [0, 0.05) is 11.3 Å². The number of anilines is 1. The molecule has 5 nitrogen and oxygen atoms in total. The number of alkyl halides is 3. The predicted molar refractivity (Wildman–Crippen MR) is 91.9 cm³/mol. The third kappa shape index (κ3) is 4.11. The lowest BCUT2D eigenvalue weighted by molar-refractivity contribution is -0.267. The van der Waals surface area contributed by atoms with E-state index in [1.54, 1.807) is 5.32 Å². The highest BCUT2D eigenvalue weighted by Crippen LogP contribution is 2.41. The van der Waals surface area contributed by atoms with E-state index in [2.05, 4.69) is 4.74 Å². The number of aryl methyl sites for hydroxylation is 1. The first kappa shape index (κ1) is 25.0. The van der Waals surface area contributed by atoms with Crippen LogP contribution in [0.25, 0.3) is 0 Å². The fourth-order valence-electron chi connectivity index (χ4n) is 2.65. The van der Waals surface area contributed by atoms with Crippen molar-refractivity contribution in [3.63, 3.8) is 0 Å². The first-order valence-corrected chi connectivity index (χ1v) is 8.58. The van der Waals surface area contributed by atoms with Crippen molar-refractivity contribution in [3.05, 3.63) is 64.0 Å². The van der Waals surface area contributed by atoms with Crippen LogP contribution in [0.3, 0.4) is 0 Å². The molecule has 0 aliphatic carbocycles. The highest BCUT2D eigenvalue weighted by Gasteiger charge is 2.62. The molecule has 2 N–H and O–H groups in total. The average Bonchev–Trinajstić information content (AvgIpc) is 2.71. The molecule has 0 unspecified atom stereocenters. The number of halogens is 8. The van der Waals surface area contributed by atoms with Gasteiger partial charge in [0.2, 0.25) is 5.82 Å². The molecule has 0 saturated heterocycles. The Balaban J connectivity index is 2.48. The maximum Gasteiger partial charge on any atom is 0.432 e. The van der Waals surface area contributed by atoms with Crippen molar-refractivity contribution in [1.29, 1.82) is 0 Å². The highest BCUT2D eigenvalue weighted by atomic mass is 19.4. The number of aliphatic hydroxyl groups is 1. The van der Waals surface area contributed by atoms with Crippen LogP contribution >= 0.6 is 0 Å². The van der Waals surface area contributed by atoms with Gasteiger partial charge in [-0.2, -0.15) is 13.2 Å². The molecule has 13 heteroatoms. The second-order valence-corrected chi connectivity index (χ2v) is 6.36. The minimum absolute atomic E-state index is 0.258. The lowest BCUT2D eigenvalue weighted by Crippen LogP contribution is -2.50. The zero-order chi connectivity index (χ0) is 24.6. The molecule has 0 fully saturated rings. The molecule has 0 radical (unpaired) electrons. The van der Waals surface area contributed by atoms with Gasteiger partial charge < -0.3 is 15.2 Å². The van der Waals surface area contributed by atoms with Gasteiger partial charge in [0.15, 0.2) is 23.3 Å². The Morgan fingerprint density at radius 3 is 1.91 bits per heavy atom. The summed E-state index contributed by atoms with van der Waals surface area (Å²) in [6.07, 6.45) is -5.51. The number of amides is 1. The van der Waals surface area contributed by atoms with Gasteiger partial charge in [-0.1, -0.05) is 12.1 Å². The molecule has 0 aliphatic rings. The summed E-state index contributed by atoms with van der Waals surface area (Å²) >= 11 is 0. The van der Waals surface area contributed by atoms with Crippen molar-refractivity contribution in [2.45, 2.75) is 25.6 Å². The van der Waals surface area contributed by atoms with Crippen LogP contribution in [0, 0.1) is 36.0 Å². The van der Waals surface area contributed by atoms with Gasteiger partial charge >= 0.3 is 12.1 Å². The Morgan fingerprint density at radius 2 is 1.47 bits per heavy atom. The standard InChI is InChI=1S/C19H13F8NO4/c1-3-32-17(30)18(31,19(25,26)27)8-4-5-9(7(2)6-8)28-16(29)10-11(20)13(22)15(24)14(23)12(10)21/h4-6,31H,3H2,1-2H3,(H,28,29)/t18-/m1/s1. The summed E-state index contributed by atoms with van der Waals surface area (Å²) < 4.78 is 112. The highest BCUT2D eigenvalue weighted by molar-refractivity contribution is 6.05. The van der Waals surface area contributed by atoms with E-state index < -0.39 is 76.2 Å². The first-order valence-electron chi connectivity index (χ1n) is 8.58. The number of hydrogen-bond acceptors (Lipinski definition) is 4. The maximum absolute atomic E-state index is 13.8. The van der Waals surface area contributed by atoms with Crippen molar-refractivity contribution in [2.24, 2.45) is 0 Å². The molecule has 174 valence electrons. The number of rotatable bonds is 5. The Morgan fingerprint density at radius 1 is 0.969 bits per heavy atom. The van der Waals surface area contributed by atoms with Crippen molar-refractivity contribution >= 4 is 17.6 Å². The number of ether oxygens (including phenoxy) is 1. The van der Waals surface area contributed by atoms with Crippen LogP contribution < -0.4 is 5.32 Å². The molecule has 0 spiro atoms. The first-order chi connectivity index (χ1) is 14.7. The molecule has 32 heavy (non-hydrogen) atoms. The number of esters is 1. The zero-order valence-electron chi connectivity index (χ0n) is 16.1. The zero-order valence-corrected chi connectivity index (χ0v) is 16.1. The van der Waals surface area contributed by atoms with E-state index in [4.69, 9.17) is 0 Å². The van der Waals surface area contributed by atoms with Crippen molar-refractivity contribution in [2.75, 3.05) is 11.9 Å². The Bertz CT molecular complexity index is 1060. The van der Waals surface area contributed by atoms with E-state index in [-0.39, 0.29) is 5.56 Å². The second-order valence-electron chi connectivity index (χ2n) is 6.36. The molecule has 0 aliphatic heterocycles. The number of hydrogen-bond donors (Lipinski definition) is 2. The topological polar surface area (TPSA) is 75.6 Å². The SMILES string of the molecule is CCOC(=O)[C@](O)(c1ccc(NC(=O)c2c(F)c(F)c(F)c(F)c2F)c(C)c1)C(F)(F)F. The monoisotopic (exact) mass is 471 g/mol. The van der Waals surface area contributed by atoms with E-state index in [1.165, 1.54) is 6.92 Å². The van der Waals surface area contributed by atoms with E-state index in [9.17, 15) is 49.8 Å². The van der Waals surface area contributed by atoms with E-state index in [1.807, 2.05) is 0 Å². The molecule has 0 aromatic heterocycles. The molecule has 2 rings (SSSR count). The van der Waals surface area contributed by atoms with Crippen LogP contribution in [0.2, 0.25) is 0 Å². The van der Waals surface area contributed by atoms with Crippen molar-refractivity contribution in [3.8, 4) is 0 Å². The summed E-state index contributed by atoms with van der Waals surface area (Å²) in [5, 5.41) is 11.8. The van der Waals surface area contributed by atoms with Gasteiger partial charge in [0.05, 0.1) is 6.61 Å². The van der Waals surface area contributed by atoms with Gasteiger partial charge in [-0.25, -0.2) is 26.7 Å². The molecule has 1 atom stereocenters. The minimum atomic E-state index is -5.51. The van der Waals surface area contributed by atoms with Gasteiger partial charge in [-0.3, -0.25) is 4.79 Å². The van der Waals surface area contributed by atoms with Crippen LogP contribution in [0.1, 0.15) is 28.4 Å². The lowest BCUT2D eigenvalue weighted by Gasteiger charge is -2.29. The summed E-state index contributed by atoms with van der Waals surface area (Å²) in [6.45, 7) is 1.81. The molecule has 1 amide bonds. The van der Waals surface area contributed by atoms with E-state index in [0.717, 1.165) is 13.0 Å². The third-order valence-electron chi connectivity index (χ3n) is 4.31. The van der Waals surface area contributed by atoms with Crippen LogP contribution in [0.4, 0.5) is 40.8 Å². The molecule has 0 bridgehead atoms. The smallest absolute Gasteiger partial charge is 0.432 e. The number of carbonyl (C=O) groups excluding carboxylic acids is 2. The van der Waals surface area contributed by atoms with Gasteiger partial charge in [0.1, 0.15) is 5.56 Å². The molecular weight excluding hydrogens is 458 g/mol. The quantitative estimate of drug-likeness (QED) is 0.296. The minimum Gasteiger partial charge on any atom is -0.463 e. The van der Waals surface area contributed by atoms with Crippen molar-refractivity contribution in [1.82, 2.24) is 0 Å². The normalized spacial score (nSPS) is 13.5. The molecule has 2 aromatic rings. The second kappa shape index (κ2) is 8.73. The Labute approximate surface area is 174 Å².